The average Bonchev–Trinajstić information content (AvgIpc) is 3.08. The molecule has 128 valence electrons. The zero-order valence-electron chi connectivity index (χ0n) is 13.7. The lowest BCUT2D eigenvalue weighted by atomic mass is 9.95. The summed E-state index contributed by atoms with van der Waals surface area (Å²) in [7, 11) is 0. The van der Waals surface area contributed by atoms with Crippen LogP contribution in [0.3, 0.4) is 0 Å². The van der Waals surface area contributed by atoms with Gasteiger partial charge in [-0.25, -0.2) is 0 Å². The Morgan fingerprint density at radius 2 is 2.00 bits per heavy atom. The van der Waals surface area contributed by atoms with Crippen molar-refractivity contribution < 1.29 is 14.3 Å². The minimum Gasteiger partial charge on any atom is -0.454 e. The lowest BCUT2D eigenvalue weighted by Gasteiger charge is -2.31. The van der Waals surface area contributed by atoms with Gasteiger partial charge in [-0.3, -0.25) is 4.79 Å². The van der Waals surface area contributed by atoms with Crippen molar-refractivity contribution in [3.63, 3.8) is 0 Å². The molecule has 0 bridgehead atoms. The van der Waals surface area contributed by atoms with Crippen molar-refractivity contribution in [1.82, 2.24) is 4.90 Å². The van der Waals surface area contributed by atoms with Crippen molar-refractivity contribution in [3.8, 4) is 11.5 Å². The Morgan fingerprint density at radius 1 is 1.24 bits per heavy atom. The minimum atomic E-state index is -0.130. The molecule has 0 atom stereocenters. The molecule has 0 aliphatic carbocycles. The molecule has 4 nitrogen and oxygen atoms in total. The monoisotopic (exact) mass is 373 g/mol. The van der Waals surface area contributed by atoms with E-state index in [2.05, 4.69) is 6.58 Å². The van der Waals surface area contributed by atoms with Crippen molar-refractivity contribution >= 4 is 35.0 Å². The second kappa shape index (κ2) is 6.32. The molecule has 25 heavy (non-hydrogen) atoms. The van der Waals surface area contributed by atoms with Crippen LogP contribution in [0.4, 0.5) is 0 Å². The minimum absolute atomic E-state index is 0.130. The number of carbonyl (C=O) groups excluding carboxylic acids is 1. The highest BCUT2D eigenvalue weighted by Crippen LogP contribution is 2.40. The van der Waals surface area contributed by atoms with Gasteiger partial charge in [-0.15, -0.1) is 11.8 Å². The predicted octanol–water partition coefficient (Wildman–Crippen LogP) is 4.46. The summed E-state index contributed by atoms with van der Waals surface area (Å²) in [6, 6.07) is 9.38. The summed E-state index contributed by atoms with van der Waals surface area (Å²) in [5.74, 6) is 1.31. The van der Waals surface area contributed by atoms with Gasteiger partial charge < -0.3 is 14.4 Å². The summed E-state index contributed by atoms with van der Waals surface area (Å²) in [4.78, 5) is 15.7. The molecular weight excluding hydrogens is 358 g/mol. The normalized spacial score (nSPS) is 15.3. The highest BCUT2D eigenvalue weighted by atomic mass is 35.5. The second-order valence-electron chi connectivity index (χ2n) is 5.86. The maximum atomic E-state index is 13.1. The molecule has 4 rings (SSSR count). The molecule has 0 radical (unpaired) electrons. The summed E-state index contributed by atoms with van der Waals surface area (Å²) < 4.78 is 10.9. The third-order valence-corrected chi connectivity index (χ3v) is 5.54. The van der Waals surface area contributed by atoms with Crippen LogP contribution in [0.15, 0.2) is 41.8 Å². The van der Waals surface area contributed by atoms with Crippen LogP contribution in [0.5, 0.6) is 11.5 Å². The number of ether oxygens (including phenoxy) is 2. The van der Waals surface area contributed by atoms with Crippen molar-refractivity contribution in [2.75, 3.05) is 19.6 Å². The summed E-state index contributed by atoms with van der Waals surface area (Å²) in [5, 5.41) is 0.451. The van der Waals surface area contributed by atoms with Crippen molar-refractivity contribution in [2.45, 2.75) is 11.3 Å². The van der Waals surface area contributed by atoms with Crippen molar-refractivity contribution in [3.05, 3.63) is 58.6 Å². The number of thioether (sulfide) groups is 1. The van der Waals surface area contributed by atoms with Crippen LogP contribution in [-0.4, -0.2) is 30.4 Å². The molecule has 1 amide bonds. The van der Waals surface area contributed by atoms with E-state index in [0.717, 1.165) is 28.2 Å². The fourth-order valence-corrected chi connectivity index (χ4v) is 3.78. The Labute approximate surface area is 155 Å². The molecular formula is C19H16ClNO3S. The van der Waals surface area contributed by atoms with E-state index in [9.17, 15) is 4.79 Å². The zero-order valence-corrected chi connectivity index (χ0v) is 15.2. The molecule has 0 saturated carbocycles. The molecule has 2 aliphatic heterocycles. The highest BCUT2D eigenvalue weighted by molar-refractivity contribution is 7.98. The molecule has 0 saturated heterocycles. The summed E-state index contributed by atoms with van der Waals surface area (Å²) in [5.41, 5.74) is 3.19. The Hall–Kier alpha value is -2.11. The first-order valence-corrected chi connectivity index (χ1v) is 9.46. The molecule has 6 heteroatoms. The van der Waals surface area contributed by atoms with Gasteiger partial charge in [-0.05, 0) is 48.6 Å². The standard InChI is InChI=1S/C19H16ClNO3S/c1-11-14-9-18-17(23-10-24-18)7-12(14)5-6-21(11)19(22)15-8-13(25-2)3-4-16(15)20/h3-4,7-9H,1,5-6,10H2,2H3. The molecule has 0 N–H and O–H groups in total. The Balaban J connectivity index is 1.69. The zero-order chi connectivity index (χ0) is 17.6. The fraction of sp³-hybridized carbons (Fsp3) is 0.211. The lowest BCUT2D eigenvalue weighted by molar-refractivity contribution is 0.0833. The number of fused-ring (bicyclic) bond motifs is 2. The Morgan fingerprint density at radius 3 is 2.76 bits per heavy atom. The topological polar surface area (TPSA) is 38.8 Å². The van der Waals surface area contributed by atoms with Gasteiger partial charge in [0.1, 0.15) is 0 Å². The molecule has 0 spiro atoms. The number of amides is 1. The van der Waals surface area contributed by atoms with Gasteiger partial charge >= 0.3 is 0 Å². The number of nitrogens with zero attached hydrogens (tertiary/aromatic N) is 1. The van der Waals surface area contributed by atoms with E-state index in [1.807, 2.05) is 30.5 Å². The Bertz CT molecular complexity index is 896. The third-order valence-electron chi connectivity index (χ3n) is 4.49. The van der Waals surface area contributed by atoms with Crippen LogP contribution in [0.25, 0.3) is 5.70 Å². The van der Waals surface area contributed by atoms with Crippen LogP contribution >= 0.6 is 23.4 Å². The van der Waals surface area contributed by atoms with E-state index >= 15 is 0 Å². The summed E-state index contributed by atoms with van der Waals surface area (Å²) in [6.45, 7) is 4.93. The van der Waals surface area contributed by atoms with E-state index in [4.69, 9.17) is 21.1 Å². The molecule has 0 unspecified atom stereocenters. The van der Waals surface area contributed by atoms with Gasteiger partial charge in [-0.2, -0.15) is 0 Å². The maximum absolute atomic E-state index is 13.1. The molecule has 2 aromatic carbocycles. The van der Waals surface area contributed by atoms with Gasteiger partial charge in [0.2, 0.25) is 6.79 Å². The molecule has 0 fully saturated rings. The van der Waals surface area contributed by atoms with E-state index in [-0.39, 0.29) is 12.7 Å². The maximum Gasteiger partial charge on any atom is 0.259 e. The SMILES string of the molecule is C=C1c2cc3c(cc2CCN1C(=O)c1cc(SC)ccc1Cl)OCO3. The number of hydrogen-bond donors (Lipinski definition) is 0. The molecule has 2 aromatic rings. The van der Waals surface area contributed by atoms with E-state index in [0.29, 0.717) is 28.6 Å². The smallest absolute Gasteiger partial charge is 0.259 e. The lowest BCUT2D eigenvalue weighted by Crippen LogP contribution is -2.34. The Kier molecular flexibility index (Phi) is 4.13. The summed E-state index contributed by atoms with van der Waals surface area (Å²) >= 11 is 7.85. The molecule has 2 heterocycles. The van der Waals surface area contributed by atoms with Crippen LogP contribution in [0.2, 0.25) is 5.02 Å². The average molecular weight is 374 g/mol. The largest absolute Gasteiger partial charge is 0.454 e. The number of carbonyl (C=O) groups is 1. The summed E-state index contributed by atoms with van der Waals surface area (Å²) in [6.07, 6.45) is 2.70. The van der Waals surface area contributed by atoms with E-state index in [1.165, 1.54) is 0 Å². The number of rotatable bonds is 2. The first-order chi connectivity index (χ1) is 12.1. The fourth-order valence-electron chi connectivity index (χ4n) is 3.14. The van der Waals surface area contributed by atoms with Crippen molar-refractivity contribution in [2.24, 2.45) is 0 Å². The first kappa shape index (κ1) is 16.4. The van der Waals surface area contributed by atoms with E-state index in [1.54, 1.807) is 22.7 Å². The first-order valence-electron chi connectivity index (χ1n) is 7.85. The van der Waals surface area contributed by atoms with Gasteiger partial charge in [0.05, 0.1) is 10.6 Å². The molecule has 2 aliphatic rings. The molecule has 0 aromatic heterocycles. The van der Waals surface area contributed by atoms with Crippen LogP contribution in [-0.2, 0) is 6.42 Å². The third kappa shape index (κ3) is 2.77. The number of halogens is 1. The van der Waals surface area contributed by atoms with Gasteiger partial charge in [0.15, 0.2) is 11.5 Å². The van der Waals surface area contributed by atoms with Crippen molar-refractivity contribution in [1.29, 1.82) is 0 Å². The number of benzene rings is 2. The second-order valence-corrected chi connectivity index (χ2v) is 7.15. The van der Waals surface area contributed by atoms with Gasteiger partial charge in [-0.1, -0.05) is 18.2 Å². The van der Waals surface area contributed by atoms with Crippen LogP contribution in [0, 0.1) is 0 Å². The van der Waals surface area contributed by atoms with Crippen LogP contribution < -0.4 is 9.47 Å². The number of hydrogen-bond acceptors (Lipinski definition) is 4. The quantitative estimate of drug-likeness (QED) is 0.728. The highest BCUT2D eigenvalue weighted by Gasteiger charge is 2.29. The van der Waals surface area contributed by atoms with Gasteiger partial charge in [0, 0.05) is 22.7 Å². The van der Waals surface area contributed by atoms with Gasteiger partial charge in [0.25, 0.3) is 5.91 Å². The predicted molar refractivity (Wildman–Crippen MR) is 99.6 cm³/mol. The van der Waals surface area contributed by atoms with E-state index < -0.39 is 0 Å². The van der Waals surface area contributed by atoms with Crippen LogP contribution in [0.1, 0.15) is 21.5 Å².